The molecule has 1 rings (SSSR count). The summed E-state index contributed by atoms with van der Waals surface area (Å²) < 4.78 is 4.92. The lowest BCUT2D eigenvalue weighted by molar-refractivity contribution is -0.152. The predicted molar refractivity (Wildman–Crippen MR) is 66.0 cm³/mol. The average Bonchev–Trinajstić information content (AvgIpc) is 2.30. The van der Waals surface area contributed by atoms with Crippen LogP contribution in [0.15, 0.2) is 0 Å². The lowest BCUT2D eigenvalue weighted by atomic mass is 9.76. The first-order valence-electron chi connectivity index (χ1n) is 6.23. The third kappa shape index (κ3) is 3.20. The zero-order chi connectivity index (χ0) is 13.8. The van der Waals surface area contributed by atoms with Gasteiger partial charge in [-0.3, -0.25) is 4.79 Å². The molecule has 0 aromatic rings. The first-order chi connectivity index (χ1) is 8.45. The van der Waals surface area contributed by atoms with Crippen molar-refractivity contribution in [3.8, 4) is 0 Å². The van der Waals surface area contributed by atoms with Crippen molar-refractivity contribution in [2.45, 2.75) is 44.2 Å². The minimum absolute atomic E-state index is 0.0353. The minimum atomic E-state index is -1.17. The molecule has 0 aromatic carbocycles. The van der Waals surface area contributed by atoms with E-state index >= 15 is 0 Å². The van der Waals surface area contributed by atoms with Crippen LogP contribution in [0.3, 0.4) is 0 Å². The van der Waals surface area contributed by atoms with Gasteiger partial charge in [0.05, 0.1) is 0 Å². The molecule has 0 heterocycles. The number of carboxylic acids is 1. The molecule has 1 aliphatic carbocycles. The van der Waals surface area contributed by atoms with Gasteiger partial charge in [-0.15, -0.1) is 0 Å². The topological polar surface area (TPSA) is 102 Å². The van der Waals surface area contributed by atoms with E-state index in [9.17, 15) is 14.7 Å². The Hall–Kier alpha value is -1.14. The summed E-state index contributed by atoms with van der Waals surface area (Å²) in [6.07, 6.45) is 1.91. The fourth-order valence-electron chi connectivity index (χ4n) is 2.54. The molecule has 4 N–H and O–H groups in total. The summed E-state index contributed by atoms with van der Waals surface area (Å²) in [6.45, 7) is 2.04. The summed E-state index contributed by atoms with van der Waals surface area (Å²) in [6, 6.07) is 0. The highest BCUT2D eigenvalue weighted by atomic mass is 16.5. The average molecular weight is 258 g/mol. The number of carbonyl (C=O) groups excluding carboxylic acids is 1. The highest BCUT2D eigenvalue weighted by Gasteiger charge is 2.44. The standard InChI is InChI=1S/C12H22N2O4/c1-8-4-3-5-12(6-8,11(16)17)14-10(15)9(7-13)18-2/h8-9H,3-7,13H2,1-2H3,(H,14,15)(H,16,17). The summed E-state index contributed by atoms with van der Waals surface area (Å²) in [7, 11) is 1.38. The molecule has 0 radical (unpaired) electrons. The van der Waals surface area contributed by atoms with Gasteiger partial charge in [-0.1, -0.05) is 19.8 Å². The third-order valence-electron chi connectivity index (χ3n) is 3.56. The first kappa shape index (κ1) is 14.9. The summed E-state index contributed by atoms with van der Waals surface area (Å²) >= 11 is 0. The van der Waals surface area contributed by atoms with Crippen LogP contribution in [0.1, 0.15) is 32.6 Å². The number of methoxy groups -OCH3 is 1. The predicted octanol–water partition coefficient (Wildman–Crippen LogP) is 0.110. The van der Waals surface area contributed by atoms with E-state index in [4.69, 9.17) is 10.5 Å². The quantitative estimate of drug-likeness (QED) is 0.649. The van der Waals surface area contributed by atoms with Crippen LogP contribution in [0.4, 0.5) is 0 Å². The monoisotopic (exact) mass is 258 g/mol. The Bertz CT molecular complexity index is 317. The molecule has 0 aromatic heterocycles. The molecule has 1 fully saturated rings. The van der Waals surface area contributed by atoms with Gasteiger partial charge in [0.1, 0.15) is 11.6 Å². The number of nitrogens with one attached hydrogen (secondary N) is 1. The maximum atomic E-state index is 11.9. The number of hydrogen-bond donors (Lipinski definition) is 3. The number of ether oxygens (including phenoxy) is 1. The van der Waals surface area contributed by atoms with E-state index in [1.807, 2.05) is 6.92 Å². The molecule has 3 unspecified atom stereocenters. The smallest absolute Gasteiger partial charge is 0.329 e. The van der Waals surface area contributed by atoms with Crippen molar-refractivity contribution in [1.29, 1.82) is 0 Å². The molecule has 6 nitrogen and oxygen atoms in total. The van der Waals surface area contributed by atoms with Gasteiger partial charge in [0, 0.05) is 13.7 Å². The highest BCUT2D eigenvalue weighted by molar-refractivity contribution is 5.89. The van der Waals surface area contributed by atoms with E-state index in [0.717, 1.165) is 12.8 Å². The number of rotatable bonds is 5. The fraction of sp³-hybridized carbons (Fsp3) is 0.833. The first-order valence-corrected chi connectivity index (χ1v) is 6.23. The SMILES string of the molecule is COC(CN)C(=O)NC1(C(=O)O)CCCC(C)C1. The van der Waals surface area contributed by atoms with Crippen molar-refractivity contribution >= 4 is 11.9 Å². The summed E-state index contributed by atoms with van der Waals surface area (Å²) in [5.41, 5.74) is 4.24. The van der Waals surface area contributed by atoms with E-state index in [2.05, 4.69) is 5.32 Å². The van der Waals surface area contributed by atoms with E-state index in [0.29, 0.717) is 12.8 Å². The molecule has 1 saturated carbocycles. The van der Waals surface area contributed by atoms with Crippen molar-refractivity contribution < 1.29 is 19.4 Å². The highest BCUT2D eigenvalue weighted by Crippen LogP contribution is 2.32. The van der Waals surface area contributed by atoms with Crippen LogP contribution in [0.5, 0.6) is 0 Å². The Morgan fingerprint density at radius 2 is 2.28 bits per heavy atom. The lowest BCUT2D eigenvalue weighted by Gasteiger charge is -2.37. The number of nitrogens with two attached hydrogens (primary N) is 1. The van der Waals surface area contributed by atoms with Crippen LogP contribution < -0.4 is 11.1 Å². The van der Waals surface area contributed by atoms with Gasteiger partial charge >= 0.3 is 5.97 Å². The molecule has 0 spiro atoms. The second-order valence-corrected chi connectivity index (χ2v) is 5.04. The number of carboxylic acid groups (broad SMARTS) is 1. The minimum Gasteiger partial charge on any atom is -0.480 e. The largest absolute Gasteiger partial charge is 0.480 e. The number of hydrogen-bond acceptors (Lipinski definition) is 4. The van der Waals surface area contributed by atoms with Crippen LogP contribution in [0.25, 0.3) is 0 Å². The Kier molecular flexibility index (Phi) is 5.10. The van der Waals surface area contributed by atoms with Gasteiger partial charge in [-0.05, 0) is 18.8 Å². The second-order valence-electron chi connectivity index (χ2n) is 5.04. The molecule has 0 aliphatic heterocycles. The van der Waals surface area contributed by atoms with Crippen molar-refractivity contribution in [2.24, 2.45) is 11.7 Å². The molecular weight excluding hydrogens is 236 g/mol. The van der Waals surface area contributed by atoms with Crippen molar-refractivity contribution in [2.75, 3.05) is 13.7 Å². The molecule has 6 heteroatoms. The Balaban J connectivity index is 2.80. The van der Waals surface area contributed by atoms with Gasteiger partial charge in [0.2, 0.25) is 0 Å². The van der Waals surface area contributed by atoms with Crippen LogP contribution >= 0.6 is 0 Å². The van der Waals surface area contributed by atoms with Gasteiger partial charge in [0.15, 0.2) is 0 Å². The zero-order valence-corrected chi connectivity index (χ0v) is 10.9. The fourth-order valence-corrected chi connectivity index (χ4v) is 2.54. The lowest BCUT2D eigenvalue weighted by Crippen LogP contribution is -2.59. The van der Waals surface area contributed by atoms with Crippen LogP contribution in [-0.4, -0.2) is 42.3 Å². The Labute approximate surface area is 107 Å². The molecule has 1 aliphatic rings. The van der Waals surface area contributed by atoms with Crippen LogP contribution in [0.2, 0.25) is 0 Å². The van der Waals surface area contributed by atoms with Crippen LogP contribution in [-0.2, 0) is 14.3 Å². The summed E-state index contributed by atoms with van der Waals surface area (Å²) in [5.74, 6) is -1.14. The molecule has 3 atom stereocenters. The van der Waals surface area contributed by atoms with Crippen LogP contribution in [0, 0.1) is 5.92 Å². The van der Waals surface area contributed by atoms with Crippen molar-refractivity contribution in [3.05, 3.63) is 0 Å². The molecule has 0 bridgehead atoms. The molecule has 1 amide bonds. The summed E-state index contributed by atoms with van der Waals surface area (Å²) in [5, 5.41) is 12.0. The normalized spacial score (nSPS) is 29.6. The van der Waals surface area contributed by atoms with E-state index < -0.39 is 23.5 Å². The maximum absolute atomic E-state index is 11.9. The van der Waals surface area contributed by atoms with E-state index in [1.165, 1.54) is 7.11 Å². The molecular formula is C12H22N2O4. The second kappa shape index (κ2) is 6.15. The van der Waals surface area contributed by atoms with Gasteiger partial charge in [-0.2, -0.15) is 0 Å². The molecule has 104 valence electrons. The zero-order valence-electron chi connectivity index (χ0n) is 10.9. The van der Waals surface area contributed by atoms with E-state index in [-0.39, 0.29) is 12.5 Å². The van der Waals surface area contributed by atoms with Crippen molar-refractivity contribution in [3.63, 3.8) is 0 Å². The van der Waals surface area contributed by atoms with Gasteiger partial charge in [0.25, 0.3) is 5.91 Å². The Morgan fingerprint density at radius 1 is 1.61 bits per heavy atom. The maximum Gasteiger partial charge on any atom is 0.329 e. The number of amides is 1. The molecule has 0 saturated heterocycles. The number of aliphatic carboxylic acids is 1. The van der Waals surface area contributed by atoms with Gasteiger partial charge < -0.3 is 20.9 Å². The summed E-state index contributed by atoms with van der Waals surface area (Å²) in [4.78, 5) is 23.4. The van der Waals surface area contributed by atoms with E-state index in [1.54, 1.807) is 0 Å². The Morgan fingerprint density at radius 3 is 2.72 bits per heavy atom. The van der Waals surface area contributed by atoms with Crippen molar-refractivity contribution in [1.82, 2.24) is 5.32 Å². The third-order valence-corrected chi connectivity index (χ3v) is 3.56. The molecule has 18 heavy (non-hydrogen) atoms. The van der Waals surface area contributed by atoms with Gasteiger partial charge in [-0.25, -0.2) is 4.79 Å². The number of carbonyl (C=O) groups is 2.